The second kappa shape index (κ2) is 12.2. The van der Waals surface area contributed by atoms with Crippen LogP contribution in [0.5, 0.6) is 0 Å². The third-order valence-electron chi connectivity index (χ3n) is 5.55. The molecule has 0 aliphatic rings. The molecule has 8 heteroatoms. The van der Waals surface area contributed by atoms with Gasteiger partial charge in [-0.15, -0.1) is 0 Å². The number of pyridine rings is 1. The molecule has 1 amide bonds. The molecule has 2 N–H and O–H groups in total. The zero-order valence-corrected chi connectivity index (χ0v) is 18.6. The number of ether oxygens (including phenoxy) is 1. The van der Waals surface area contributed by atoms with E-state index in [0.29, 0.717) is 30.8 Å². The lowest BCUT2D eigenvalue weighted by Gasteiger charge is -2.21. The number of hydrogen-bond acceptors (Lipinski definition) is 5. The summed E-state index contributed by atoms with van der Waals surface area (Å²) in [5.74, 6) is -1.14. The van der Waals surface area contributed by atoms with E-state index in [1.807, 2.05) is 36.2 Å². The van der Waals surface area contributed by atoms with E-state index in [2.05, 4.69) is 10.3 Å². The van der Waals surface area contributed by atoms with Gasteiger partial charge in [0.05, 0.1) is 6.61 Å². The summed E-state index contributed by atoms with van der Waals surface area (Å²) in [6, 6.07) is 13.7. The smallest absolute Gasteiger partial charge is 0.412 e. The highest BCUT2D eigenvalue weighted by molar-refractivity contribution is 5.89. The minimum Gasteiger partial charge on any atom is -0.449 e. The monoisotopic (exact) mass is 457 g/mol. The van der Waals surface area contributed by atoms with Gasteiger partial charge in [0.15, 0.2) is 11.6 Å². The Balaban J connectivity index is 1.42. The topological polar surface area (TPSA) is 74.7 Å². The Bertz CT molecular complexity index is 1060. The number of aliphatic hydroxyl groups is 1. The molecule has 1 unspecified atom stereocenters. The van der Waals surface area contributed by atoms with Gasteiger partial charge >= 0.3 is 6.09 Å². The number of nitrogens with zero attached hydrogens (tertiary/aromatic N) is 2. The highest BCUT2D eigenvalue weighted by Crippen LogP contribution is 2.18. The third-order valence-corrected chi connectivity index (χ3v) is 5.55. The van der Waals surface area contributed by atoms with E-state index in [9.17, 15) is 18.7 Å². The lowest BCUT2D eigenvalue weighted by molar-refractivity contribution is 0.144. The van der Waals surface area contributed by atoms with Crippen molar-refractivity contribution in [3.63, 3.8) is 0 Å². The quantitative estimate of drug-likeness (QED) is 0.425. The average molecular weight is 458 g/mol. The minimum atomic E-state index is -0.853. The standard InChI is InChI=1S/C25H29F2N3O3/c1-30(17-21-7-4-8-22(26)24(21)27)12-9-18(10-13-31)11-14-33-25(32)29-23-15-19-5-2-3-6-20(19)16-28-23/h2-8,15-16,18,31H,9-14,17H2,1H3,(H,28,29,32). The molecule has 0 aliphatic carbocycles. The molecule has 0 bridgehead atoms. The predicted octanol–water partition coefficient (Wildman–Crippen LogP) is 4.97. The molecule has 1 aromatic heterocycles. The van der Waals surface area contributed by atoms with Crippen molar-refractivity contribution in [1.29, 1.82) is 0 Å². The van der Waals surface area contributed by atoms with Crippen LogP contribution in [0.4, 0.5) is 19.4 Å². The first kappa shape index (κ1) is 24.5. The van der Waals surface area contributed by atoms with Gasteiger partial charge in [0.25, 0.3) is 0 Å². The van der Waals surface area contributed by atoms with Crippen molar-refractivity contribution in [3.8, 4) is 0 Å². The van der Waals surface area contributed by atoms with Gasteiger partial charge in [-0.2, -0.15) is 0 Å². The molecule has 0 radical (unpaired) electrons. The van der Waals surface area contributed by atoms with E-state index >= 15 is 0 Å². The maximum atomic E-state index is 13.9. The first-order valence-corrected chi connectivity index (χ1v) is 11.0. The highest BCUT2D eigenvalue weighted by Gasteiger charge is 2.14. The Morgan fingerprint density at radius 1 is 1.12 bits per heavy atom. The molecular weight excluding hydrogens is 428 g/mol. The van der Waals surface area contributed by atoms with Crippen LogP contribution in [-0.4, -0.2) is 47.9 Å². The van der Waals surface area contributed by atoms with Gasteiger partial charge in [-0.1, -0.05) is 36.4 Å². The fourth-order valence-electron chi connectivity index (χ4n) is 3.67. The van der Waals surface area contributed by atoms with Gasteiger partial charge in [0.1, 0.15) is 5.82 Å². The van der Waals surface area contributed by atoms with Crippen LogP contribution in [0, 0.1) is 17.6 Å². The second-order valence-electron chi connectivity index (χ2n) is 8.08. The van der Waals surface area contributed by atoms with E-state index in [0.717, 1.165) is 23.3 Å². The van der Waals surface area contributed by atoms with E-state index in [1.54, 1.807) is 18.3 Å². The number of benzene rings is 2. The highest BCUT2D eigenvalue weighted by atomic mass is 19.2. The summed E-state index contributed by atoms with van der Waals surface area (Å²) in [6.07, 6.45) is 2.99. The Labute approximate surface area is 192 Å². The molecule has 1 heterocycles. The van der Waals surface area contributed by atoms with Crippen molar-refractivity contribution in [2.45, 2.75) is 25.8 Å². The van der Waals surface area contributed by atoms with E-state index in [4.69, 9.17) is 4.74 Å². The van der Waals surface area contributed by atoms with Crippen molar-refractivity contribution in [1.82, 2.24) is 9.88 Å². The molecular formula is C25H29F2N3O3. The van der Waals surface area contributed by atoms with Crippen molar-refractivity contribution in [3.05, 3.63) is 71.9 Å². The van der Waals surface area contributed by atoms with E-state index in [-0.39, 0.29) is 25.7 Å². The molecule has 3 rings (SSSR count). The molecule has 1 atom stereocenters. The van der Waals surface area contributed by atoms with Gasteiger partial charge < -0.3 is 14.7 Å². The largest absolute Gasteiger partial charge is 0.449 e. The maximum Gasteiger partial charge on any atom is 0.412 e. The third kappa shape index (κ3) is 7.47. The molecule has 6 nitrogen and oxygen atoms in total. The van der Waals surface area contributed by atoms with Gasteiger partial charge in [-0.3, -0.25) is 5.32 Å². The Hall–Kier alpha value is -3.10. The van der Waals surface area contributed by atoms with Crippen LogP contribution >= 0.6 is 0 Å². The summed E-state index contributed by atoms with van der Waals surface area (Å²) in [6.45, 7) is 1.15. The van der Waals surface area contributed by atoms with Gasteiger partial charge in [-0.05, 0) is 56.3 Å². The molecule has 0 fully saturated rings. The van der Waals surface area contributed by atoms with Gasteiger partial charge in [-0.25, -0.2) is 18.6 Å². The lowest BCUT2D eigenvalue weighted by Crippen LogP contribution is -2.23. The Kier molecular flexibility index (Phi) is 9.09. The summed E-state index contributed by atoms with van der Waals surface area (Å²) in [5, 5.41) is 13.9. The van der Waals surface area contributed by atoms with Crippen molar-refractivity contribution in [2.24, 2.45) is 5.92 Å². The van der Waals surface area contributed by atoms with Crippen molar-refractivity contribution >= 4 is 22.7 Å². The first-order chi connectivity index (χ1) is 16.0. The number of halogens is 2. The number of aromatic nitrogens is 1. The van der Waals surface area contributed by atoms with Crippen LogP contribution in [-0.2, 0) is 11.3 Å². The summed E-state index contributed by atoms with van der Waals surface area (Å²) in [4.78, 5) is 18.2. The van der Waals surface area contributed by atoms with Crippen LogP contribution in [0.2, 0.25) is 0 Å². The van der Waals surface area contributed by atoms with Crippen molar-refractivity contribution < 1.29 is 23.4 Å². The summed E-state index contributed by atoms with van der Waals surface area (Å²) < 4.78 is 32.5. The molecule has 33 heavy (non-hydrogen) atoms. The molecule has 0 saturated carbocycles. The van der Waals surface area contributed by atoms with E-state index < -0.39 is 17.7 Å². The molecule has 0 spiro atoms. The van der Waals surface area contributed by atoms with Crippen LogP contribution in [0.15, 0.2) is 54.7 Å². The minimum absolute atomic E-state index is 0.0279. The van der Waals surface area contributed by atoms with Crippen LogP contribution in [0.3, 0.4) is 0 Å². The fraction of sp³-hybridized carbons (Fsp3) is 0.360. The summed E-state index contributed by atoms with van der Waals surface area (Å²) in [5.41, 5.74) is 0.304. The molecule has 3 aromatic rings. The number of anilines is 1. The fourth-order valence-corrected chi connectivity index (χ4v) is 3.67. The second-order valence-corrected chi connectivity index (χ2v) is 8.08. The Morgan fingerprint density at radius 3 is 2.70 bits per heavy atom. The van der Waals surface area contributed by atoms with Gasteiger partial charge in [0, 0.05) is 30.3 Å². The number of amides is 1. The summed E-state index contributed by atoms with van der Waals surface area (Å²) >= 11 is 0. The number of fused-ring (bicyclic) bond motifs is 1. The Morgan fingerprint density at radius 2 is 1.91 bits per heavy atom. The number of carbonyl (C=O) groups is 1. The number of hydrogen-bond donors (Lipinski definition) is 2. The number of rotatable bonds is 11. The van der Waals surface area contributed by atoms with Crippen LogP contribution in [0.1, 0.15) is 24.8 Å². The maximum absolute atomic E-state index is 13.9. The number of nitrogens with one attached hydrogen (secondary N) is 1. The normalized spacial score (nSPS) is 12.2. The molecule has 176 valence electrons. The van der Waals surface area contributed by atoms with Crippen LogP contribution < -0.4 is 5.32 Å². The summed E-state index contributed by atoms with van der Waals surface area (Å²) in [7, 11) is 1.83. The molecule has 0 aliphatic heterocycles. The first-order valence-electron chi connectivity index (χ1n) is 11.0. The molecule has 0 saturated heterocycles. The SMILES string of the molecule is CN(CCC(CCO)CCOC(=O)Nc1cc2ccccc2cn1)Cc1cccc(F)c1F. The van der Waals surface area contributed by atoms with Gasteiger partial charge in [0.2, 0.25) is 0 Å². The predicted molar refractivity (Wildman–Crippen MR) is 124 cm³/mol. The molecule has 2 aromatic carbocycles. The van der Waals surface area contributed by atoms with Crippen LogP contribution in [0.25, 0.3) is 10.8 Å². The van der Waals surface area contributed by atoms with Crippen molar-refractivity contribution in [2.75, 3.05) is 32.1 Å². The zero-order chi connectivity index (χ0) is 23.6. The average Bonchev–Trinajstić information content (AvgIpc) is 2.80. The zero-order valence-electron chi connectivity index (χ0n) is 18.6. The number of carbonyl (C=O) groups excluding carboxylic acids is 1. The number of aliphatic hydroxyl groups excluding tert-OH is 1. The lowest BCUT2D eigenvalue weighted by atomic mass is 9.98. The van der Waals surface area contributed by atoms with E-state index in [1.165, 1.54) is 6.07 Å².